The summed E-state index contributed by atoms with van der Waals surface area (Å²) in [5.41, 5.74) is 0.728. The van der Waals surface area contributed by atoms with Crippen LogP contribution < -0.4 is 10.6 Å². The maximum Gasteiger partial charge on any atom is 0.322 e. The average Bonchev–Trinajstić information content (AvgIpc) is 3.10. The molecule has 0 radical (unpaired) electrons. The SMILES string of the molecule is CCn1nc(-c2csc(C)n2)nc1C[C@H]1NC(=O)NC1=O. The van der Waals surface area contributed by atoms with Crippen molar-refractivity contribution in [3.63, 3.8) is 0 Å². The van der Waals surface area contributed by atoms with Gasteiger partial charge in [0.2, 0.25) is 5.82 Å². The molecule has 0 aliphatic carbocycles. The standard InChI is InChI=1S/C12H14N6O2S/c1-3-18-9(4-7-11(19)16-12(20)14-7)15-10(17-18)8-5-21-6(2)13-8/h5,7H,3-4H2,1-2H3,(H2,14,16,19,20)/t7-/m1/s1. The highest BCUT2D eigenvalue weighted by atomic mass is 32.1. The van der Waals surface area contributed by atoms with Gasteiger partial charge in [0.25, 0.3) is 5.91 Å². The molecule has 8 nitrogen and oxygen atoms in total. The van der Waals surface area contributed by atoms with E-state index in [1.165, 1.54) is 11.3 Å². The first-order chi connectivity index (χ1) is 10.1. The zero-order valence-electron chi connectivity index (χ0n) is 11.6. The van der Waals surface area contributed by atoms with E-state index in [1.807, 2.05) is 19.2 Å². The Labute approximate surface area is 124 Å². The van der Waals surface area contributed by atoms with Gasteiger partial charge in [-0.2, -0.15) is 0 Å². The van der Waals surface area contributed by atoms with Crippen molar-refractivity contribution in [2.75, 3.05) is 0 Å². The fourth-order valence-electron chi connectivity index (χ4n) is 2.14. The predicted molar refractivity (Wildman–Crippen MR) is 75.7 cm³/mol. The van der Waals surface area contributed by atoms with Crippen molar-refractivity contribution in [3.05, 3.63) is 16.2 Å². The van der Waals surface area contributed by atoms with E-state index in [4.69, 9.17) is 0 Å². The largest absolute Gasteiger partial charge is 0.326 e. The molecule has 0 aromatic carbocycles. The molecule has 1 fully saturated rings. The minimum atomic E-state index is -0.600. The van der Waals surface area contributed by atoms with Crippen molar-refractivity contribution < 1.29 is 9.59 Å². The van der Waals surface area contributed by atoms with Gasteiger partial charge in [-0.1, -0.05) is 0 Å². The molecule has 110 valence electrons. The lowest BCUT2D eigenvalue weighted by Gasteiger charge is -2.06. The van der Waals surface area contributed by atoms with E-state index in [2.05, 4.69) is 25.7 Å². The van der Waals surface area contributed by atoms with E-state index in [0.29, 0.717) is 24.6 Å². The second-order valence-corrected chi connectivity index (χ2v) is 5.70. The van der Waals surface area contributed by atoms with Gasteiger partial charge in [-0.3, -0.25) is 10.1 Å². The monoisotopic (exact) mass is 306 g/mol. The molecule has 0 unspecified atom stereocenters. The Hall–Kier alpha value is -2.29. The van der Waals surface area contributed by atoms with Crippen LogP contribution in [-0.4, -0.2) is 37.7 Å². The number of thiazole rings is 1. The fraction of sp³-hybridized carbons (Fsp3) is 0.417. The first-order valence-corrected chi connectivity index (χ1v) is 7.42. The van der Waals surface area contributed by atoms with Crippen molar-refractivity contribution in [2.24, 2.45) is 0 Å². The molecule has 0 spiro atoms. The van der Waals surface area contributed by atoms with E-state index >= 15 is 0 Å². The maximum atomic E-state index is 11.6. The number of hydrogen-bond donors (Lipinski definition) is 2. The van der Waals surface area contributed by atoms with E-state index in [-0.39, 0.29) is 5.91 Å². The number of carbonyl (C=O) groups excluding carboxylic acids is 2. The quantitative estimate of drug-likeness (QED) is 0.800. The summed E-state index contributed by atoms with van der Waals surface area (Å²) < 4.78 is 1.72. The van der Waals surface area contributed by atoms with Crippen LogP contribution in [0.2, 0.25) is 0 Å². The highest BCUT2D eigenvalue weighted by Gasteiger charge is 2.31. The number of rotatable bonds is 4. The van der Waals surface area contributed by atoms with Gasteiger partial charge in [0.1, 0.15) is 17.6 Å². The Kier molecular flexibility index (Phi) is 3.42. The van der Waals surface area contributed by atoms with E-state index in [9.17, 15) is 9.59 Å². The normalized spacial score (nSPS) is 17.9. The van der Waals surface area contributed by atoms with Crippen LogP contribution in [0.3, 0.4) is 0 Å². The predicted octanol–water partition coefficient (Wildman–Crippen LogP) is 0.480. The molecule has 0 bridgehead atoms. The molecule has 1 saturated heterocycles. The summed E-state index contributed by atoms with van der Waals surface area (Å²) in [5, 5.41) is 12.0. The number of urea groups is 1. The second-order valence-electron chi connectivity index (χ2n) is 4.64. The molecule has 2 aromatic rings. The van der Waals surface area contributed by atoms with Gasteiger partial charge in [0.05, 0.1) is 5.01 Å². The lowest BCUT2D eigenvalue weighted by atomic mass is 10.2. The highest BCUT2D eigenvalue weighted by molar-refractivity contribution is 7.09. The average molecular weight is 306 g/mol. The molecule has 1 atom stereocenters. The molecule has 2 aromatic heterocycles. The fourth-order valence-corrected chi connectivity index (χ4v) is 2.73. The molecule has 9 heteroatoms. The minimum absolute atomic E-state index is 0.307. The van der Waals surface area contributed by atoms with Crippen molar-refractivity contribution in [1.82, 2.24) is 30.4 Å². The van der Waals surface area contributed by atoms with Gasteiger partial charge in [-0.15, -0.1) is 16.4 Å². The molecule has 3 rings (SSSR count). The second kappa shape index (κ2) is 5.24. The first kappa shape index (κ1) is 13.7. The molecule has 21 heavy (non-hydrogen) atoms. The van der Waals surface area contributed by atoms with Crippen LogP contribution in [-0.2, 0) is 17.8 Å². The molecule has 1 aliphatic rings. The van der Waals surface area contributed by atoms with Gasteiger partial charge >= 0.3 is 6.03 Å². The third-order valence-electron chi connectivity index (χ3n) is 3.14. The molecule has 3 heterocycles. The van der Waals surface area contributed by atoms with Crippen LogP contribution in [0.4, 0.5) is 4.79 Å². The number of aryl methyl sites for hydroxylation is 2. The summed E-state index contributed by atoms with van der Waals surface area (Å²) in [4.78, 5) is 31.6. The van der Waals surface area contributed by atoms with Crippen LogP contribution in [0.1, 0.15) is 17.8 Å². The van der Waals surface area contributed by atoms with E-state index < -0.39 is 12.1 Å². The summed E-state index contributed by atoms with van der Waals surface area (Å²) >= 11 is 1.53. The number of amides is 3. The number of nitrogens with zero attached hydrogens (tertiary/aromatic N) is 4. The van der Waals surface area contributed by atoms with Crippen molar-refractivity contribution in [2.45, 2.75) is 32.9 Å². The molecular formula is C12H14N6O2S. The Balaban J connectivity index is 1.86. The number of aromatic nitrogens is 4. The summed E-state index contributed by atoms with van der Waals surface area (Å²) in [6.45, 7) is 4.50. The van der Waals surface area contributed by atoms with Gasteiger partial charge in [0.15, 0.2) is 0 Å². The van der Waals surface area contributed by atoms with Crippen LogP contribution in [0, 0.1) is 6.92 Å². The maximum absolute atomic E-state index is 11.6. The molecule has 3 amide bonds. The lowest BCUT2D eigenvalue weighted by Crippen LogP contribution is -2.32. The third-order valence-corrected chi connectivity index (χ3v) is 3.91. The van der Waals surface area contributed by atoms with E-state index in [0.717, 1.165) is 10.7 Å². The molecule has 1 aliphatic heterocycles. The van der Waals surface area contributed by atoms with Gasteiger partial charge < -0.3 is 5.32 Å². The van der Waals surface area contributed by atoms with Crippen LogP contribution in [0.5, 0.6) is 0 Å². The summed E-state index contributed by atoms with van der Waals surface area (Å²) in [7, 11) is 0. The van der Waals surface area contributed by atoms with E-state index in [1.54, 1.807) is 4.68 Å². The van der Waals surface area contributed by atoms with Crippen LogP contribution in [0.25, 0.3) is 11.5 Å². The van der Waals surface area contributed by atoms with Crippen molar-refractivity contribution in [1.29, 1.82) is 0 Å². The number of carbonyl (C=O) groups is 2. The third kappa shape index (κ3) is 2.64. The summed E-state index contributed by atoms with van der Waals surface area (Å²) in [6, 6.07) is -1.07. The van der Waals surface area contributed by atoms with Gasteiger partial charge in [-0.25, -0.2) is 19.4 Å². The Bertz CT molecular complexity index is 706. The molecule has 2 N–H and O–H groups in total. The Morgan fingerprint density at radius 2 is 2.19 bits per heavy atom. The molecular weight excluding hydrogens is 292 g/mol. The molecule has 0 saturated carbocycles. The number of nitrogens with one attached hydrogen (secondary N) is 2. The smallest absolute Gasteiger partial charge is 0.322 e. The van der Waals surface area contributed by atoms with Crippen LogP contribution >= 0.6 is 11.3 Å². The zero-order chi connectivity index (χ0) is 15.0. The number of hydrogen-bond acceptors (Lipinski definition) is 6. The first-order valence-electron chi connectivity index (χ1n) is 6.54. The highest BCUT2D eigenvalue weighted by Crippen LogP contribution is 2.19. The summed E-state index contributed by atoms with van der Waals surface area (Å²) in [5.74, 6) is 0.859. The van der Waals surface area contributed by atoms with Crippen LogP contribution in [0.15, 0.2) is 5.38 Å². The minimum Gasteiger partial charge on any atom is -0.326 e. The van der Waals surface area contributed by atoms with Crippen molar-refractivity contribution in [3.8, 4) is 11.5 Å². The zero-order valence-corrected chi connectivity index (χ0v) is 12.4. The van der Waals surface area contributed by atoms with Gasteiger partial charge in [-0.05, 0) is 13.8 Å². The Morgan fingerprint density at radius 3 is 2.76 bits per heavy atom. The Morgan fingerprint density at radius 1 is 1.38 bits per heavy atom. The number of imide groups is 1. The van der Waals surface area contributed by atoms with Crippen molar-refractivity contribution >= 4 is 23.3 Å². The lowest BCUT2D eigenvalue weighted by molar-refractivity contribution is -0.120. The topological polar surface area (TPSA) is 102 Å². The summed E-state index contributed by atoms with van der Waals surface area (Å²) in [6.07, 6.45) is 0.307. The van der Waals surface area contributed by atoms with Gasteiger partial charge in [0, 0.05) is 18.3 Å².